The third kappa shape index (κ3) is 5.38. The van der Waals surface area contributed by atoms with E-state index in [9.17, 15) is 22.8 Å². The summed E-state index contributed by atoms with van der Waals surface area (Å²) in [6.45, 7) is 3.32. The van der Waals surface area contributed by atoms with Gasteiger partial charge in [0.05, 0.1) is 7.11 Å². The lowest BCUT2D eigenvalue weighted by molar-refractivity contribution is -0.145. The van der Waals surface area contributed by atoms with Gasteiger partial charge in [0.15, 0.2) is 5.69 Å². The summed E-state index contributed by atoms with van der Waals surface area (Å²) in [5.74, 6) is -1.09. The molecule has 0 aliphatic heterocycles. The minimum Gasteiger partial charge on any atom is -0.467 e. The molecule has 1 atom stereocenters. The molecule has 1 amide bonds. The van der Waals surface area contributed by atoms with Crippen molar-refractivity contribution in [2.45, 2.75) is 39.0 Å². The topological polar surface area (TPSA) is 73.2 Å². The lowest BCUT2D eigenvalue weighted by Crippen LogP contribution is -2.43. The molecule has 0 spiro atoms. The summed E-state index contributed by atoms with van der Waals surface area (Å²) in [5, 5.41) is 5.71. The Labute approximate surface area is 125 Å². The highest BCUT2D eigenvalue weighted by molar-refractivity contribution is 5.84. The predicted octanol–water partition coefficient (Wildman–Crippen LogP) is 1.61. The molecule has 1 rings (SSSR count). The van der Waals surface area contributed by atoms with Crippen LogP contribution in [0.5, 0.6) is 0 Å². The maximum Gasteiger partial charge on any atom is 0.435 e. The molecule has 0 aromatic carbocycles. The molecule has 0 aliphatic carbocycles. The first kappa shape index (κ1) is 18.0. The van der Waals surface area contributed by atoms with Crippen molar-refractivity contribution >= 4 is 11.9 Å². The molecular weight excluding hydrogens is 303 g/mol. The van der Waals surface area contributed by atoms with Crippen molar-refractivity contribution in [3.8, 4) is 0 Å². The van der Waals surface area contributed by atoms with E-state index in [-0.39, 0.29) is 5.92 Å². The SMILES string of the molecule is COC(=O)C(CC(C)C)NC(=O)Cn1ccc(C(F)(F)F)n1. The number of rotatable bonds is 6. The van der Waals surface area contributed by atoms with Crippen LogP contribution >= 0.6 is 0 Å². The number of ether oxygens (including phenoxy) is 1. The van der Waals surface area contributed by atoms with Gasteiger partial charge in [0.1, 0.15) is 12.6 Å². The number of methoxy groups -OCH3 is 1. The first-order chi connectivity index (χ1) is 10.1. The van der Waals surface area contributed by atoms with Gasteiger partial charge in [0.25, 0.3) is 0 Å². The van der Waals surface area contributed by atoms with E-state index in [1.807, 2.05) is 13.8 Å². The van der Waals surface area contributed by atoms with Crippen LogP contribution in [-0.4, -0.2) is 34.8 Å². The van der Waals surface area contributed by atoms with Gasteiger partial charge in [-0.25, -0.2) is 4.79 Å². The number of esters is 1. The van der Waals surface area contributed by atoms with Gasteiger partial charge in [-0.2, -0.15) is 18.3 Å². The molecule has 1 aromatic rings. The van der Waals surface area contributed by atoms with Gasteiger partial charge < -0.3 is 10.1 Å². The molecular formula is C13H18F3N3O3. The Morgan fingerprint density at radius 1 is 1.41 bits per heavy atom. The van der Waals surface area contributed by atoms with E-state index in [0.29, 0.717) is 6.42 Å². The summed E-state index contributed by atoms with van der Waals surface area (Å²) < 4.78 is 42.7. The number of amides is 1. The number of halogens is 3. The number of aromatic nitrogens is 2. The summed E-state index contributed by atoms with van der Waals surface area (Å²) >= 11 is 0. The Hall–Kier alpha value is -2.06. The fourth-order valence-corrected chi connectivity index (χ4v) is 1.82. The maximum atomic E-state index is 12.4. The quantitative estimate of drug-likeness (QED) is 0.808. The number of alkyl halides is 3. The number of hydrogen-bond acceptors (Lipinski definition) is 4. The molecule has 0 saturated carbocycles. The molecule has 0 aliphatic rings. The molecule has 0 saturated heterocycles. The number of nitrogens with one attached hydrogen (secondary N) is 1. The lowest BCUT2D eigenvalue weighted by atomic mass is 10.0. The van der Waals surface area contributed by atoms with Crippen molar-refractivity contribution in [1.29, 1.82) is 0 Å². The largest absolute Gasteiger partial charge is 0.467 e. The molecule has 22 heavy (non-hydrogen) atoms. The standard InChI is InChI=1S/C13H18F3N3O3/c1-8(2)6-9(12(21)22-3)17-11(20)7-19-5-4-10(18-19)13(14,15)16/h4-5,8-9H,6-7H2,1-3H3,(H,17,20). The van der Waals surface area contributed by atoms with Crippen LogP contribution in [0.4, 0.5) is 13.2 Å². The second kappa shape index (κ2) is 7.28. The zero-order valence-corrected chi connectivity index (χ0v) is 12.5. The number of hydrogen-bond donors (Lipinski definition) is 1. The van der Waals surface area contributed by atoms with E-state index < -0.39 is 36.3 Å². The van der Waals surface area contributed by atoms with Crippen LogP contribution in [0, 0.1) is 5.92 Å². The lowest BCUT2D eigenvalue weighted by Gasteiger charge is -2.18. The molecule has 1 unspecified atom stereocenters. The molecule has 1 heterocycles. The molecule has 9 heteroatoms. The van der Waals surface area contributed by atoms with Crippen molar-refractivity contribution < 1.29 is 27.5 Å². The van der Waals surface area contributed by atoms with Gasteiger partial charge in [-0.3, -0.25) is 9.48 Å². The Balaban J connectivity index is 2.67. The normalized spacial score (nSPS) is 13.0. The molecule has 6 nitrogen and oxygen atoms in total. The van der Waals surface area contributed by atoms with Gasteiger partial charge in [0, 0.05) is 6.20 Å². The van der Waals surface area contributed by atoms with Crippen molar-refractivity contribution in [3.05, 3.63) is 18.0 Å². The van der Waals surface area contributed by atoms with Crippen molar-refractivity contribution in [3.63, 3.8) is 0 Å². The Bertz CT molecular complexity index is 526. The third-order valence-corrected chi connectivity index (χ3v) is 2.76. The first-order valence-corrected chi connectivity index (χ1v) is 6.61. The highest BCUT2D eigenvalue weighted by atomic mass is 19.4. The van der Waals surface area contributed by atoms with Gasteiger partial charge in [0.2, 0.25) is 5.91 Å². The highest BCUT2D eigenvalue weighted by Gasteiger charge is 2.33. The average molecular weight is 321 g/mol. The number of carbonyl (C=O) groups is 2. The van der Waals surface area contributed by atoms with E-state index in [4.69, 9.17) is 0 Å². The van der Waals surface area contributed by atoms with Crippen LogP contribution in [0.2, 0.25) is 0 Å². The molecule has 0 radical (unpaired) electrons. The zero-order valence-electron chi connectivity index (χ0n) is 12.5. The molecule has 1 aromatic heterocycles. The summed E-state index contributed by atoms with van der Waals surface area (Å²) in [6.07, 6.45) is -3.14. The average Bonchev–Trinajstić information content (AvgIpc) is 2.84. The van der Waals surface area contributed by atoms with Crippen LogP contribution in [0.1, 0.15) is 26.0 Å². The third-order valence-electron chi connectivity index (χ3n) is 2.76. The predicted molar refractivity (Wildman–Crippen MR) is 70.6 cm³/mol. The Kier molecular flexibility index (Phi) is 5.95. The summed E-state index contributed by atoms with van der Waals surface area (Å²) in [7, 11) is 1.20. The minimum atomic E-state index is -4.56. The first-order valence-electron chi connectivity index (χ1n) is 6.61. The fourth-order valence-electron chi connectivity index (χ4n) is 1.82. The highest BCUT2D eigenvalue weighted by Crippen LogP contribution is 2.27. The van der Waals surface area contributed by atoms with Crippen LogP contribution in [-0.2, 0) is 27.0 Å². The van der Waals surface area contributed by atoms with E-state index in [0.717, 1.165) is 16.9 Å². The van der Waals surface area contributed by atoms with E-state index in [1.165, 1.54) is 7.11 Å². The summed E-state index contributed by atoms with van der Waals surface area (Å²) in [6, 6.07) is -0.0609. The maximum absolute atomic E-state index is 12.4. The van der Waals surface area contributed by atoms with Gasteiger partial charge >= 0.3 is 12.1 Å². The van der Waals surface area contributed by atoms with Gasteiger partial charge in [-0.05, 0) is 18.4 Å². The Morgan fingerprint density at radius 2 is 2.05 bits per heavy atom. The second-order valence-electron chi connectivity index (χ2n) is 5.17. The summed E-state index contributed by atoms with van der Waals surface area (Å²) in [4.78, 5) is 23.4. The zero-order chi connectivity index (χ0) is 16.9. The van der Waals surface area contributed by atoms with Crippen molar-refractivity contribution in [2.75, 3.05) is 7.11 Å². The molecule has 124 valence electrons. The van der Waals surface area contributed by atoms with Crippen molar-refractivity contribution in [2.24, 2.45) is 5.92 Å². The number of carbonyl (C=O) groups excluding carboxylic acids is 2. The molecule has 0 fully saturated rings. The minimum absolute atomic E-state index is 0.130. The van der Waals surface area contributed by atoms with Gasteiger partial charge in [-0.15, -0.1) is 0 Å². The van der Waals surface area contributed by atoms with E-state index in [1.54, 1.807) is 0 Å². The molecule has 1 N–H and O–H groups in total. The van der Waals surface area contributed by atoms with E-state index >= 15 is 0 Å². The number of nitrogens with zero attached hydrogens (tertiary/aromatic N) is 2. The molecule has 0 bridgehead atoms. The Morgan fingerprint density at radius 3 is 2.50 bits per heavy atom. The van der Waals surface area contributed by atoms with Gasteiger partial charge in [-0.1, -0.05) is 13.8 Å². The monoisotopic (exact) mass is 321 g/mol. The van der Waals surface area contributed by atoms with Crippen LogP contribution in [0.25, 0.3) is 0 Å². The van der Waals surface area contributed by atoms with Crippen molar-refractivity contribution in [1.82, 2.24) is 15.1 Å². The summed E-state index contributed by atoms with van der Waals surface area (Å²) in [5.41, 5.74) is -1.08. The smallest absolute Gasteiger partial charge is 0.435 e. The van der Waals surface area contributed by atoms with Crippen LogP contribution in [0.3, 0.4) is 0 Å². The van der Waals surface area contributed by atoms with Crippen LogP contribution < -0.4 is 5.32 Å². The van der Waals surface area contributed by atoms with E-state index in [2.05, 4.69) is 15.2 Å². The van der Waals surface area contributed by atoms with Crippen LogP contribution in [0.15, 0.2) is 12.3 Å². The fraction of sp³-hybridized carbons (Fsp3) is 0.615. The second-order valence-corrected chi connectivity index (χ2v) is 5.17.